The molecule has 2 fully saturated rings. The molecule has 1 N–H and O–H groups in total. The van der Waals surface area contributed by atoms with Gasteiger partial charge in [-0.3, -0.25) is 4.79 Å². The van der Waals surface area contributed by atoms with Crippen LogP contribution in [0, 0.1) is 17.3 Å². The summed E-state index contributed by atoms with van der Waals surface area (Å²) in [5.74, 6) is 0.655. The number of carbonyl (C=O) groups is 3. The minimum atomic E-state index is -0.941. The predicted octanol–water partition coefficient (Wildman–Crippen LogP) is 5.16. The van der Waals surface area contributed by atoms with Gasteiger partial charge in [-0.2, -0.15) is 0 Å². The van der Waals surface area contributed by atoms with Gasteiger partial charge in [0.05, 0.1) is 31.8 Å². The number of alkyl carbamates (subject to hydrolysis) is 1. The molecule has 240 valence electrons. The van der Waals surface area contributed by atoms with Crippen molar-refractivity contribution >= 4 is 35.1 Å². The van der Waals surface area contributed by atoms with Crippen LogP contribution in [0.3, 0.4) is 0 Å². The number of esters is 1. The number of hydrogen-bond donors (Lipinski definition) is 1. The van der Waals surface area contributed by atoms with E-state index in [1.165, 1.54) is 12.0 Å². The summed E-state index contributed by atoms with van der Waals surface area (Å²) in [5.41, 5.74) is 1.20. The highest BCUT2D eigenvalue weighted by Gasteiger charge is 2.47. The lowest BCUT2D eigenvalue weighted by atomic mass is 9.85. The summed E-state index contributed by atoms with van der Waals surface area (Å²) in [7, 11) is 2.88. The summed E-state index contributed by atoms with van der Waals surface area (Å²) in [6.07, 6.45) is 7.19. The molecule has 1 aromatic carbocycles. The monoisotopic (exact) mass is 610 g/mol. The number of rotatable bonds is 2. The quantitative estimate of drug-likeness (QED) is 0.459. The van der Waals surface area contributed by atoms with Gasteiger partial charge in [0, 0.05) is 13.9 Å². The van der Waals surface area contributed by atoms with Crippen molar-refractivity contribution in [3.63, 3.8) is 0 Å². The van der Waals surface area contributed by atoms with Crippen molar-refractivity contribution < 1.29 is 34.8 Å². The molecule has 11 nitrogen and oxygen atoms in total. The average Bonchev–Trinajstić information content (AvgIpc) is 3.56. The van der Waals surface area contributed by atoms with E-state index in [0.717, 1.165) is 32.1 Å². The van der Waals surface area contributed by atoms with Crippen LogP contribution in [0.1, 0.15) is 73.3 Å². The van der Waals surface area contributed by atoms with E-state index in [-0.39, 0.29) is 26.4 Å². The number of fused-ring (bicyclic) bond motifs is 5. The first-order chi connectivity index (χ1) is 21.0. The number of methoxy groups -OCH3 is 2. The Kier molecular flexibility index (Phi) is 9.31. The fourth-order valence-electron chi connectivity index (χ4n) is 6.61. The Hall–Kier alpha value is -3.89. The van der Waals surface area contributed by atoms with Gasteiger partial charge in [0.2, 0.25) is 11.8 Å². The summed E-state index contributed by atoms with van der Waals surface area (Å²) >= 11 is 0. The number of ether oxygens (including phenoxy) is 4. The number of allylic oxidation sites excluding steroid dienone is 1. The van der Waals surface area contributed by atoms with Crippen molar-refractivity contribution in [2.45, 2.75) is 90.5 Å². The molecule has 2 bridgehead atoms. The second-order valence-electron chi connectivity index (χ2n) is 13.2. The topological polar surface area (TPSA) is 129 Å². The molecular formula is C33H46N4O7. The summed E-state index contributed by atoms with van der Waals surface area (Å²) in [6, 6.07) is 3.65. The third-order valence-corrected chi connectivity index (χ3v) is 9.09. The molecule has 11 heteroatoms. The number of nitrogens with one attached hydrogen (secondary N) is 1. The van der Waals surface area contributed by atoms with Gasteiger partial charge in [0.25, 0.3) is 0 Å². The zero-order chi connectivity index (χ0) is 31.6. The Morgan fingerprint density at radius 1 is 1.09 bits per heavy atom. The van der Waals surface area contributed by atoms with Gasteiger partial charge in [-0.15, -0.1) is 0 Å². The molecular weight excluding hydrogens is 564 g/mol. The second-order valence-corrected chi connectivity index (χ2v) is 13.2. The van der Waals surface area contributed by atoms with Crippen LogP contribution < -0.4 is 14.8 Å². The Morgan fingerprint density at radius 2 is 1.89 bits per heavy atom. The Balaban J connectivity index is 0.00000461. The van der Waals surface area contributed by atoms with Gasteiger partial charge in [-0.1, -0.05) is 33.8 Å². The second kappa shape index (κ2) is 13.0. The lowest BCUT2D eigenvalue weighted by Crippen LogP contribution is -2.57. The summed E-state index contributed by atoms with van der Waals surface area (Å²) in [5, 5.41) is 2.85. The highest BCUT2D eigenvalue weighted by Crippen LogP contribution is 2.38. The van der Waals surface area contributed by atoms with E-state index < -0.39 is 41.6 Å². The van der Waals surface area contributed by atoms with Crippen LogP contribution in [0.15, 0.2) is 24.3 Å². The molecule has 3 heterocycles. The molecule has 2 aromatic rings. The van der Waals surface area contributed by atoms with Crippen molar-refractivity contribution in [1.29, 1.82) is 0 Å². The molecule has 1 aliphatic carbocycles. The first kappa shape index (κ1) is 31.5. The van der Waals surface area contributed by atoms with E-state index in [9.17, 15) is 14.4 Å². The first-order valence-electron chi connectivity index (χ1n) is 15.5. The minimum absolute atomic E-state index is 0. The summed E-state index contributed by atoms with van der Waals surface area (Å²) < 4.78 is 22.8. The van der Waals surface area contributed by atoms with Gasteiger partial charge >= 0.3 is 12.1 Å². The third kappa shape index (κ3) is 6.76. The van der Waals surface area contributed by atoms with E-state index in [4.69, 9.17) is 28.9 Å². The zero-order valence-corrected chi connectivity index (χ0v) is 26.5. The standard InChI is InChI=1S/C33H44N4O7.H2/c1-19-12-15-27-22(19)10-8-7-9-11-24-29(35-25-16-20(41-5)13-14-23(25)34-24)43-21-17-26(31(39)42-6)37(18-21)30(38)28(33(2,3)4)36-32(40)44-27;/h9,11,13-14,16,19,21-22,26-28H,7-8,10,12,15,17-18H2,1-6H3,(H,36,40);1H/b11-9+;/t19-,21+,22+,26-,27+,28+;/m0./s1. The maximum absolute atomic E-state index is 14.1. The van der Waals surface area contributed by atoms with Crippen molar-refractivity contribution in [2.75, 3.05) is 20.8 Å². The molecule has 2 aliphatic heterocycles. The maximum atomic E-state index is 14.1. The fourth-order valence-corrected chi connectivity index (χ4v) is 6.61. The van der Waals surface area contributed by atoms with Crippen LogP contribution in [-0.2, 0) is 19.1 Å². The molecule has 0 spiro atoms. The number of carbonyl (C=O) groups excluding carboxylic acids is 3. The smallest absolute Gasteiger partial charge is 0.408 e. The Morgan fingerprint density at radius 3 is 2.61 bits per heavy atom. The SMILES string of the molecule is COC(=O)[C@@H]1C[C@@H]2CN1C(=O)[C@H](C(C)(C)C)NC(=O)O[C@@H]1CC[C@H](C)[C@H]1CCC/C=C/c1nc3ccc(OC)cc3nc1O2.[HH]. The van der Waals surface area contributed by atoms with Gasteiger partial charge in [0.1, 0.15) is 35.7 Å². The maximum Gasteiger partial charge on any atom is 0.408 e. The van der Waals surface area contributed by atoms with Crippen molar-refractivity contribution in [1.82, 2.24) is 20.2 Å². The van der Waals surface area contributed by atoms with E-state index in [1.54, 1.807) is 13.2 Å². The third-order valence-electron chi connectivity index (χ3n) is 9.09. The molecule has 1 saturated heterocycles. The molecule has 0 radical (unpaired) electrons. The van der Waals surface area contributed by atoms with Crippen LogP contribution in [0.4, 0.5) is 4.79 Å². The summed E-state index contributed by atoms with van der Waals surface area (Å²) in [6.45, 7) is 7.92. The largest absolute Gasteiger partial charge is 0.497 e. The van der Waals surface area contributed by atoms with Crippen LogP contribution in [0.5, 0.6) is 11.6 Å². The van der Waals surface area contributed by atoms with E-state index in [1.807, 2.05) is 39.0 Å². The Labute approximate surface area is 260 Å². The van der Waals surface area contributed by atoms with Gasteiger partial charge in [0.15, 0.2) is 0 Å². The van der Waals surface area contributed by atoms with E-state index in [2.05, 4.69) is 18.3 Å². The van der Waals surface area contributed by atoms with Gasteiger partial charge in [-0.25, -0.2) is 19.6 Å². The molecule has 44 heavy (non-hydrogen) atoms. The van der Waals surface area contributed by atoms with E-state index >= 15 is 0 Å². The molecule has 0 unspecified atom stereocenters. The molecule has 2 amide bonds. The highest BCUT2D eigenvalue weighted by atomic mass is 16.6. The Bertz CT molecular complexity index is 1430. The average molecular weight is 611 g/mol. The predicted molar refractivity (Wildman–Crippen MR) is 166 cm³/mol. The molecule has 1 saturated carbocycles. The molecule has 6 atom stereocenters. The zero-order valence-electron chi connectivity index (χ0n) is 26.5. The number of amides is 2. The lowest BCUT2D eigenvalue weighted by molar-refractivity contribution is -0.152. The van der Waals surface area contributed by atoms with Crippen LogP contribution in [0.25, 0.3) is 17.1 Å². The lowest BCUT2D eigenvalue weighted by Gasteiger charge is -2.35. The molecule has 3 aliphatic rings. The summed E-state index contributed by atoms with van der Waals surface area (Å²) in [4.78, 5) is 51.4. The number of aromatic nitrogens is 2. The molecule has 1 aromatic heterocycles. The molecule has 5 rings (SSSR count). The normalized spacial score (nSPS) is 28.9. The highest BCUT2D eigenvalue weighted by molar-refractivity contribution is 5.91. The number of benzene rings is 1. The number of nitrogens with zero attached hydrogens (tertiary/aromatic N) is 3. The van der Waals surface area contributed by atoms with Gasteiger partial charge < -0.3 is 29.2 Å². The van der Waals surface area contributed by atoms with Gasteiger partial charge in [-0.05, 0) is 67.6 Å². The van der Waals surface area contributed by atoms with E-state index in [0.29, 0.717) is 34.3 Å². The van der Waals surface area contributed by atoms with Crippen LogP contribution in [-0.4, -0.2) is 77.9 Å². The van der Waals surface area contributed by atoms with Crippen molar-refractivity contribution in [2.24, 2.45) is 17.3 Å². The van der Waals surface area contributed by atoms with Crippen LogP contribution in [0.2, 0.25) is 0 Å². The van der Waals surface area contributed by atoms with Crippen molar-refractivity contribution in [3.8, 4) is 11.6 Å². The first-order valence-corrected chi connectivity index (χ1v) is 15.5. The fraction of sp³-hybridized carbons (Fsp3) is 0.606. The number of hydrogen-bond acceptors (Lipinski definition) is 9. The van der Waals surface area contributed by atoms with Crippen LogP contribution >= 0.6 is 0 Å². The van der Waals surface area contributed by atoms with Crippen molar-refractivity contribution in [3.05, 3.63) is 30.0 Å². The minimum Gasteiger partial charge on any atom is -0.497 e.